The number of aromatic nitrogens is 2. The Morgan fingerprint density at radius 3 is 2.79 bits per heavy atom. The number of likely N-dealkylation sites (tertiary alicyclic amines) is 1. The van der Waals surface area contributed by atoms with Crippen molar-refractivity contribution in [1.29, 1.82) is 0 Å². The van der Waals surface area contributed by atoms with Crippen LogP contribution in [0.3, 0.4) is 0 Å². The molecule has 0 radical (unpaired) electrons. The van der Waals surface area contributed by atoms with Crippen LogP contribution in [0.25, 0.3) is 0 Å². The Labute approximate surface area is 164 Å². The van der Waals surface area contributed by atoms with Crippen LogP contribution in [0, 0.1) is 11.8 Å². The molecule has 1 amide bonds. The summed E-state index contributed by atoms with van der Waals surface area (Å²) in [6.07, 6.45) is 7.56. The van der Waals surface area contributed by atoms with Crippen molar-refractivity contribution in [1.82, 2.24) is 19.8 Å². The van der Waals surface area contributed by atoms with Gasteiger partial charge in [0, 0.05) is 37.9 Å². The van der Waals surface area contributed by atoms with Gasteiger partial charge >= 0.3 is 0 Å². The Bertz CT molecular complexity index is 912. The summed E-state index contributed by atoms with van der Waals surface area (Å²) in [5.41, 5.74) is 1.23. The zero-order valence-corrected chi connectivity index (χ0v) is 16.0. The van der Waals surface area contributed by atoms with Crippen LogP contribution < -0.4 is 5.56 Å². The van der Waals surface area contributed by atoms with E-state index in [0.717, 1.165) is 19.6 Å². The molecular weight excluding hydrogens is 352 g/mol. The summed E-state index contributed by atoms with van der Waals surface area (Å²) >= 11 is 0. The molecule has 1 aromatic heterocycles. The third-order valence-corrected chi connectivity index (χ3v) is 6.81. The van der Waals surface area contributed by atoms with Crippen molar-refractivity contribution in [2.45, 2.75) is 37.8 Å². The van der Waals surface area contributed by atoms with Crippen molar-refractivity contribution >= 4 is 5.91 Å². The molecule has 2 aromatic rings. The van der Waals surface area contributed by atoms with Crippen LogP contribution in [0.5, 0.6) is 0 Å². The lowest BCUT2D eigenvalue weighted by atomic mass is 9.74. The minimum atomic E-state index is -0.348. The second kappa shape index (κ2) is 7.17. The van der Waals surface area contributed by atoms with Crippen LogP contribution in [-0.4, -0.2) is 51.4 Å². The highest BCUT2D eigenvalue weighted by Gasteiger charge is 2.45. The van der Waals surface area contributed by atoms with Gasteiger partial charge in [-0.2, -0.15) is 0 Å². The highest BCUT2D eigenvalue weighted by molar-refractivity contribution is 5.93. The number of carbonyl (C=O) groups excluding carboxylic acids is 1. The summed E-state index contributed by atoms with van der Waals surface area (Å²) in [7, 11) is 0. The van der Waals surface area contributed by atoms with Gasteiger partial charge in [0.2, 0.25) is 0 Å². The minimum Gasteiger partial charge on any atom is -0.338 e. The Kier molecular flexibility index (Phi) is 4.51. The number of hydrogen-bond donors (Lipinski definition) is 1. The third kappa shape index (κ3) is 3.05. The Morgan fingerprint density at radius 1 is 1.11 bits per heavy atom. The van der Waals surface area contributed by atoms with E-state index in [0.29, 0.717) is 23.9 Å². The lowest BCUT2D eigenvalue weighted by molar-refractivity contribution is -0.0511. The molecule has 3 aliphatic rings. The molecule has 6 nitrogen and oxygen atoms in total. The number of piperidine rings is 3. The SMILES string of the molecule is O=C(c1cnc[nH]c1=O)N1C[C@@H]2C[C@H](C1)[C@@H]1CCC[C@H](c3ccccc3)N1C2. The number of nitrogens with one attached hydrogen (secondary N) is 1. The Morgan fingerprint density at radius 2 is 1.96 bits per heavy atom. The van der Waals surface area contributed by atoms with Crippen LogP contribution in [0.4, 0.5) is 0 Å². The van der Waals surface area contributed by atoms with Crippen LogP contribution in [-0.2, 0) is 0 Å². The van der Waals surface area contributed by atoms with Gasteiger partial charge in [-0.05, 0) is 43.1 Å². The molecule has 3 fully saturated rings. The largest absolute Gasteiger partial charge is 0.338 e. The Balaban J connectivity index is 1.37. The maximum absolute atomic E-state index is 12.9. The zero-order valence-electron chi connectivity index (χ0n) is 16.0. The van der Waals surface area contributed by atoms with Gasteiger partial charge in [0.25, 0.3) is 11.5 Å². The third-order valence-electron chi connectivity index (χ3n) is 6.81. The molecule has 0 aliphatic carbocycles. The number of amides is 1. The van der Waals surface area contributed by atoms with E-state index in [-0.39, 0.29) is 17.0 Å². The van der Waals surface area contributed by atoms with Gasteiger partial charge in [0.05, 0.1) is 6.33 Å². The van der Waals surface area contributed by atoms with E-state index < -0.39 is 0 Å². The van der Waals surface area contributed by atoms with E-state index in [9.17, 15) is 9.59 Å². The smallest absolute Gasteiger partial charge is 0.263 e. The highest BCUT2D eigenvalue weighted by atomic mass is 16.2. The van der Waals surface area contributed by atoms with Crippen molar-refractivity contribution in [3.05, 3.63) is 64.3 Å². The number of aromatic amines is 1. The summed E-state index contributed by atoms with van der Waals surface area (Å²) < 4.78 is 0. The average Bonchev–Trinajstić information content (AvgIpc) is 2.74. The predicted octanol–water partition coefficient (Wildman–Crippen LogP) is 2.46. The molecule has 3 aliphatic heterocycles. The number of carbonyl (C=O) groups is 1. The fraction of sp³-hybridized carbons (Fsp3) is 0.500. The van der Waals surface area contributed by atoms with Gasteiger partial charge in [0.1, 0.15) is 5.56 Å². The molecule has 2 bridgehead atoms. The zero-order chi connectivity index (χ0) is 19.1. The lowest BCUT2D eigenvalue weighted by Gasteiger charge is -2.55. The first-order valence-electron chi connectivity index (χ1n) is 10.3. The Hall–Kier alpha value is -2.47. The topological polar surface area (TPSA) is 69.3 Å². The van der Waals surface area contributed by atoms with Crippen LogP contribution in [0.2, 0.25) is 0 Å². The van der Waals surface area contributed by atoms with Crippen molar-refractivity contribution in [2.24, 2.45) is 11.8 Å². The van der Waals surface area contributed by atoms with E-state index in [4.69, 9.17) is 0 Å². The summed E-state index contributed by atoms with van der Waals surface area (Å²) in [4.78, 5) is 36.0. The number of fused-ring (bicyclic) bond motifs is 4. The first-order chi connectivity index (χ1) is 13.7. The number of hydrogen-bond acceptors (Lipinski definition) is 4. The molecule has 0 spiro atoms. The molecular formula is C22H26N4O2. The molecule has 6 heteroatoms. The lowest BCUT2D eigenvalue weighted by Crippen LogP contribution is -2.60. The predicted molar refractivity (Wildman–Crippen MR) is 106 cm³/mol. The van der Waals surface area contributed by atoms with Gasteiger partial charge in [0.15, 0.2) is 0 Å². The van der Waals surface area contributed by atoms with Crippen LogP contribution in [0.1, 0.15) is 47.6 Å². The molecule has 0 unspecified atom stereocenters. The first-order valence-corrected chi connectivity index (χ1v) is 10.3. The molecule has 1 aromatic carbocycles. The maximum Gasteiger partial charge on any atom is 0.263 e. The summed E-state index contributed by atoms with van der Waals surface area (Å²) in [6, 6.07) is 11.9. The van der Waals surface area contributed by atoms with Crippen molar-refractivity contribution in [3.8, 4) is 0 Å². The van der Waals surface area contributed by atoms with E-state index in [1.165, 1.54) is 43.8 Å². The molecule has 146 valence electrons. The molecule has 4 heterocycles. The molecule has 3 saturated heterocycles. The minimum absolute atomic E-state index is 0.158. The van der Waals surface area contributed by atoms with Crippen molar-refractivity contribution in [3.63, 3.8) is 0 Å². The van der Waals surface area contributed by atoms with Gasteiger partial charge < -0.3 is 9.88 Å². The van der Waals surface area contributed by atoms with E-state index in [1.807, 2.05) is 4.90 Å². The highest BCUT2D eigenvalue weighted by Crippen LogP contribution is 2.44. The number of nitrogens with zero attached hydrogens (tertiary/aromatic N) is 3. The van der Waals surface area contributed by atoms with Gasteiger partial charge in [-0.3, -0.25) is 14.5 Å². The maximum atomic E-state index is 12.9. The van der Waals surface area contributed by atoms with Gasteiger partial charge in [-0.1, -0.05) is 30.3 Å². The normalized spacial score (nSPS) is 29.9. The van der Waals surface area contributed by atoms with Crippen molar-refractivity contribution in [2.75, 3.05) is 19.6 Å². The molecule has 0 saturated carbocycles. The molecule has 28 heavy (non-hydrogen) atoms. The van der Waals surface area contributed by atoms with E-state index in [2.05, 4.69) is 45.2 Å². The average molecular weight is 378 g/mol. The first kappa shape index (κ1) is 17.6. The molecule has 4 atom stereocenters. The summed E-state index contributed by atoms with van der Waals surface area (Å²) in [5.74, 6) is 0.783. The van der Waals surface area contributed by atoms with Crippen LogP contribution in [0.15, 0.2) is 47.7 Å². The fourth-order valence-corrected chi connectivity index (χ4v) is 5.67. The second-order valence-corrected chi connectivity index (χ2v) is 8.49. The molecule has 1 N–H and O–H groups in total. The number of benzene rings is 1. The monoisotopic (exact) mass is 378 g/mol. The standard InChI is InChI=1S/C22H26N4O2/c27-21-18(10-23-14-24-21)22(28)25-11-15-9-17(13-25)20-8-4-7-19(26(20)12-15)16-5-2-1-3-6-16/h1-3,5-6,10,14-15,17,19-20H,4,7-9,11-13H2,(H,23,24,27)/t15-,17+,19+,20-/m0/s1. The summed E-state index contributed by atoms with van der Waals surface area (Å²) in [6.45, 7) is 2.51. The van der Waals surface area contributed by atoms with Gasteiger partial charge in [-0.25, -0.2) is 4.98 Å². The van der Waals surface area contributed by atoms with Crippen LogP contribution >= 0.6 is 0 Å². The second-order valence-electron chi connectivity index (χ2n) is 8.49. The number of H-pyrrole nitrogens is 1. The fourth-order valence-electron chi connectivity index (χ4n) is 5.67. The number of rotatable bonds is 2. The van der Waals surface area contributed by atoms with E-state index in [1.54, 1.807) is 0 Å². The summed E-state index contributed by atoms with van der Waals surface area (Å²) in [5, 5.41) is 0. The van der Waals surface area contributed by atoms with Crippen molar-refractivity contribution < 1.29 is 4.79 Å². The molecule has 5 rings (SSSR count). The quantitative estimate of drug-likeness (QED) is 0.872. The van der Waals surface area contributed by atoms with E-state index >= 15 is 0 Å². The van der Waals surface area contributed by atoms with Gasteiger partial charge in [-0.15, -0.1) is 0 Å².